The van der Waals surface area contributed by atoms with Gasteiger partial charge >= 0.3 is 11.9 Å². The molecule has 16 nitrogen and oxygen atoms in total. The summed E-state index contributed by atoms with van der Waals surface area (Å²) in [6, 6.07) is 18.6. The van der Waals surface area contributed by atoms with Gasteiger partial charge < -0.3 is 28.4 Å². The molecule has 7 aromatic rings. The highest BCUT2D eigenvalue weighted by molar-refractivity contribution is 8.33. The van der Waals surface area contributed by atoms with Gasteiger partial charge in [0.2, 0.25) is 5.69 Å². The molecule has 20 heteroatoms. The smallest absolute Gasteiger partial charge is 0.343 e. The van der Waals surface area contributed by atoms with Crippen molar-refractivity contribution in [2.75, 3.05) is 26.4 Å². The summed E-state index contributed by atoms with van der Waals surface area (Å²) in [5.41, 5.74) is 2.80. The molecule has 0 amide bonds. The van der Waals surface area contributed by atoms with Crippen molar-refractivity contribution in [1.29, 1.82) is 5.26 Å². The summed E-state index contributed by atoms with van der Waals surface area (Å²) in [5, 5.41) is 30.3. The van der Waals surface area contributed by atoms with Gasteiger partial charge in [0, 0.05) is 0 Å². The van der Waals surface area contributed by atoms with E-state index in [1.165, 1.54) is 227 Å². The van der Waals surface area contributed by atoms with E-state index in [-0.39, 0.29) is 60.1 Å². The molecular formula is C86H118N8O8S4. The minimum Gasteiger partial charge on any atom is -0.494 e. The van der Waals surface area contributed by atoms with E-state index in [0.29, 0.717) is 55.5 Å². The van der Waals surface area contributed by atoms with Crippen LogP contribution < -0.4 is 29.6 Å². The molecule has 0 radical (unpaired) electrons. The van der Waals surface area contributed by atoms with E-state index in [0.717, 1.165) is 119 Å². The first-order chi connectivity index (χ1) is 52.1. The fraction of sp³-hybridized carbons (Fsp3) is 0.605. The number of aromatic nitrogens is 6. The zero-order chi connectivity index (χ0) is 74.5. The number of nitrogens with zero attached hydrogens (tertiary/aromatic N) is 8. The lowest BCUT2D eigenvalue weighted by molar-refractivity contribution is 0.0491. The summed E-state index contributed by atoms with van der Waals surface area (Å²) in [5.74, 6) is 2.49. The second-order valence-corrected chi connectivity index (χ2v) is 33.3. The highest BCUT2D eigenvalue weighted by Crippen LogP contribution is 2.68. The van der Waals surface area contributed by atoms with Gasteiger partial charge in [-0.15, -0.1) is 20.4 Å². The van der Waals surface area contributed by atoms with E-state index in [9.17, 15) is 14.9 Å². The Morgan fingerprint density at radius 3 is 1.10 bits per heavy atom. The SMILES string of the molecule is [C-]#[N+]c1c(C(=O)OCCCCCCCCCCCC)c2nnc(C)n2c1=C1Sc2c(OCc3cccc(OCCCCCCCCCCCC)c3)c3c(c(OCc4cccc(OCCCCCCCCCCCC)c4)c2S1)SC(=c1c(C#N)c(C(=O)OCCCCCCCCCCCC)c2nnc(C)n12)S3. The molecule has 106 heavy (non-hydrogen) atoms. The van der Waals surface area contributed by atoms with Gasteiger partial charge in [-0.25, -0.2) is 14.4 Å². The van der Waals surface area contributed by atoms with Gasteiger partial charge in [-0.05, 0) is 74.9 Å². The van der Waals surface area contributed by atoms with Gasteiger partial charge in [0.25, 0.3) is 0 Å². The quantitative estimate of drug-likeness (QED) is 0.0199. The van der Waals surface area contributed by atoms with Crippen LogP contribution in [0.1, 0.15) is 334 Å². The minimum absolute atomic E-state index is 0.0872. The first-order valence-electron chi connectivity index (χ1n) is 40.7. The summed E-state index contributed by atoms with van der Waals surface area (Å²) < 4.78 is 44.4. The van der Waals surface area contributed by atoms with Gasteiger partial charge in [0.1, 0.15) is 65.1 Å². The van der Waals surface area contributed by atoms with Crippen molar-refractivity contribution in [1.82, 2.24) is 29.2 Å². The molecule has 0 spiro atoms. The number of esters is 2. The van der Waals surface area contributed by atoms with Crippen molar-refractivity contribution in [3.8, 4) is 29.1 Å². The minimum atomic E-state index is -0.608. The van der Waals surface area contributed by atoms with Crippen molar-refractivity contribution >= 4 is 84.4 Å². The van der Waals surface area contributed by atoms with E-state index in [2.05, 4.69) is 59.0 Å². The van der Waals surface area contributed by atoms with Crippen molar-refractivity contribution in [3.05, 3.63) is 110 Å². The summed E-state index contributed by atoms with van der Waals surface area (Å²) in [6.07, 6.45) is 47.9. The molecule has 0 N–H and O–H groups in total. The van der Waals surface area contributed by atoms with Crippen LogP contribution in [0.2, 0.25) is 0 Å². The number of thioether (sulfide) groups is 4. The monoisotopic (exact) mass is 1520 g/mol. The Balaban J connectivity index is 1.05. The average Bonchev–Trinajstić information content (AvgIpc) is 1.54. The highest BCUT2D eigenvalue weighted by Gasteiger charge is 2.40. The Hall–Kier alpha value is -6.58. The lowest BCUT2D eigenvalue weighted by Crippen LogP contribution is -2.16. The Labute approximate surface area is 649 Å². The van der Waals surface area contributed by atoms with Crippen LogP contribution in [0.4, 0.5) is 5.69 Å². The molecule has 0 atom stereocenters. The van der Waals surface area contributed by atoms with Crippen LogP contribution in [0, 0.1) is 31.8 Å². The van der Waals surface area contributed by atoms with Gasteiger partial charge in [0.15, 0.2) is 11.3 Å². The number of ether oxygens (including phenoxy) is 6. The molecule has 0 saturated heterocycles. The van der Waals surface area contributed by atoms with Crippen LogP contribution in [0.15, 0.2) is 68.1 Å². The second-order valence-electron chi connectivity index (χ2n) is 28.7. The van der Waals surface area contributed by atoms with Gasteiger partial charge in [0.05, 0.1) is 77.3 Å². The maximum Gasteiger partial charge on any atom is 0.343 e. The van der Waals surface area contributed by atoms with E-state index in [1.807, 2.05) is 66.8 Å². The highest BCUT2D eigenvalue weighted by atomic mass is 32.2. The molecule has 0 aliphatic carbocycles. The summed E-state index contributed by atoms with van der Waals surface area (Å²) >= 11 is 5.78. The zero-order valence-electron chi connectivity index (χ0n) is 64.6. The van der Waals surface area contributed by atoms with Crippen LogP contribution in [-0.2, 0) is 22.7 Å². The molecule has 574 valence electrons. The molecule has 0 saturated carbocycles. The summed E-state index contributed by atoms with van der Waals surface area (Å²) in [4.78, 5) is 36.0. The van der Waals surface area contributed by atoms with Crippen LogP contribution in [0.3, 0.4) is 0 Å². The van der Waals surface area contributed by atoms with Crippen LogP contribution in [0.25, 0.3) is 24.6 Å². The topological polar surface area (TPSA) is 178 Å². The molecule has 0 fully saturated rings. The maximum atomic E-state index is 14.5. The molecule has 2 aliphatic rings. The van der Waals surface area contributed by atoms with E-state index < -0.39 is 11.9 Å². The predicted molar refractivity (Wildman–Crippen MR) is 434 cm³/mol. The number of nitriles is 1. The van der Waals surface area contributed by atoms with Crippen molar-refractivity contribution in [3.63, 3.8) is 0 Å². The van der Waals surface area contributed by atoms with E-state index >= 15 is 0 Å². The van der Waals surface area contributed by atoms with Crippen LogP contribution >= 0.6 is 47.0 Å². The first kappa shape index (κ1) is 83.5. The lowest BCUT2D eigenvalue weighted by Gasteiger charge is -2.18. The molecule has 2 aliphatic heterocycles. The Morgan fingerprint density at radius 2 is 0.745 bits per heavy atom. The number of fused-ring (bicyclic) bond motifs is 4. The largest absolute Gasteiger partial charge is 0.494 e. The second kappa shape index (κ2) is 46.7. The molecule has 3 aromatic carbocycles. The normalized spacial score (nSPS) is 12.5. The zero-order valence-corrected chi connectivity index (χ0v) is 67.9. The van der Waals surface area contributed by atoms with Crippen molar-refractivity contribution in [2.24, 2.45) is 0 Å². The fourth-order valence-corrected chi connectivity index (χ4v) is 19.7. The number of benzene rings is 3. The number of aryl methyl sites for hydroxylation is 2. The van der Waals surface area contributed by atoms with E-state index in [1.54, 1.807) is 4.40 Å². The molecule has 6 heterocycles. The van der Waals surface area contributed by atoms with Crippen LogP contribution in [0.5, 0.6) is 23.0 Å². The predicted octanol–water partition coefficient (Wildman–Crippen LogP) is 24.1. The number of hydrogen-bond donors (Lipinski definition) is 0. The molecular weight excluding hydrogens is 1400 g/mol. The Morgan fingerprint density at radius 1 is 0.425 bits per heavy atom. The van der Waals surface area contributed by atoms with Gasteiger partial charge in [-0.3, -0.25) is 8.80 Å². The Kier molecular flexibility index (Phi) is 36.8. The third-order valence-corrected chi connectivity index (χ3v) is 25.2. The van der Waals surface area contributed by atoms with Gasteiger partial charge in [-0.1, -0.05) is 330 Å². The lowest BCUT2D eigenvalue weighted by atomic mass is 10.1. The van der Waals surface area contributed by atoms with Crippen molar-refractivity contribution < 1.29 is 38.0 Å². The van der Waals surface area contributed by atoms with Crippen molar-refractivity contribution in [2.45, 2.75) is 331 Å². The van der Waals surface area contributed by atoms with Gasteiger partial charge in [-0.2, -0.15) is 5.26 Å². The first-order valence-corrected chi connectivity index (χ1v) is 44.0. The number of unbranched alkanes of at least 4 members (excludes halogenated alkanes) is 36. The molecule has 4 aromatic heterocycles. The summed E-state index contributed by atoms with van der Waals surface area (Å²) in [6.45, 7) is 23.5. The number of rotatable bonds is 54. The number of hydrogen-bond acceptors (Lipinski definition) is 17. The van der Waals surface area contributed by atoms with Crippen LogP contribution in [-0.4, -0.2) is 67.6 Å². The van der Waals surface area contributed by atoms with E-state index in [4.69, 9.17) is 35.0 Å². The number of carbonyl (C=O) groups excluding carboxylic acids is 2. The standard InChI is InChI=1S/C86H118N8O8S4/c1-8-12-16-20-24-28-32-36-40-44-54-97-67-52-48-50-65(58-67)61-101-75-77-78(104-85(103-77)73-69(60-87)70(81-91-89-63(5)93(73)81)83(95)99-56-46-42-38-34-30-26-22-18-14-10-3)76(102-62-66-51-49-53-68(59-66)98-55-45-41-37-33-29-25-21-17-13-9-2)80-79(75)105-86(106-80)74-72(88-7)71(82-92-90-64(6)94(74)82)84(96)100-57-47-43-39-35-31-27-23-19-15-11-4/h48-53,58-59H,8-47,54-57,61-62H2,1-6H3. The maximum absolute atomic E-state index is 14.5. The third kappa shape index (κ3) is 24.2. The fourth-order valence-electron chi connectivity index (χ4n) is 14.1. The average molecular weight is 1520 g/mol. The summed E-state index contributed by atoms with van der Waals surface area (Å²) in [7, 11) is 0. The molecule has 0 bridgehead atoms. The Bertz CT molecular complexity index is 3800. The number of carbonyl (C=O) groups is 2. The molecule has 9 rings (SSSR count). The third-order valence-electron chi connectivity index (χ3n) is 20.1. The molecule has 0 unspecified atom stereocenters.